The first-order chi connectivity index (χ1) is 9.17. The maximum Gasteiger partial charge on any atom is 0.140 e. The SMILES string of the molecule is CN(Cc1cccc(Cl)c1)Cc1ccnc(C#N)c1. The van der Waals surface area contributed by atoms with Gasteiger partial charge in [-0.3, -0.25) is 4.90 Å². The van der Waals surface area contributed by atoms with Gasteiger partial charge in [0.25, 0.3) is 0 Å². The van der Waals surface area contributed by atoms with E-state index in [9.17, 15) is 0 Å². The highest BCUT2D eigenvalue weighted by Gasteiger charge is 2.03. The van der Waals surface area contributed by atoms with Crippen LogP contribution in [0, 0.1) is 11.3 Å². The molecule has 4 heteroatoms. The minimum atomic E-state index is 0.452. The van der Waals surface area contributed by atoms with Gasteiger partial charge >= 0.3 is 0 Å². The van der Waals surface area contributed by atoms with E-state index < -0.39 is 0 Å². The first kappa shape index (κ1) is 13.5. The van der Waals surface area contributed by atoms with Gasteiger partial charge in [-0.05, 0) is 42.4 Å². The molecule has 0 bridgehead atoms. The lowest BCUT2D eigenvalue weighted by Gasteiger charge is -2.17. The molecule has 0 aliphatic rings. The highest BCUT2D eigenvalue weighted by molar-refractivity contribution is 6.30. The third-order valence-electron chi connectivity index (χ3n) is 2.73. The molecule has 0 radical (unpaired) electrons. The van der Waals surface area contributed by atoms with Crippen LogP contribution in [0.1, 0.15) is 16.8 Å². The van der Waals surface area contributed by atoms with Gasteiger partial charge in [0, 0.05) is 24.3 Å². The Kier molecular flexibility index (Phi) is 4.51. The third kappa shape index (κ3) is 4.06. The van der Waals surface area contributed by atoms with Crippen molar-refractivity contribution < 1.29 is 0 Å². The molecular weight excluding hydrogens is 258 g/mol. The van der Waals surface area contributed by atoms with E-state index in [0.29, 0.717) is 5.69 Å². The second-order valence-electron chi connectivity index (χ2n) is 4.46. The zero-order valence-corrected chi connectivity index (χ0v) is 11.4. The molecule has 0 unspecified atom stereocenters. The zero-order chi connectivity index (χ0) is 13.7. The number of nitriles is 1. The van der Waals surface area contributed by atoms with E-state index in [1.165, 1.54) is 5.56 Å². The zero-order valence-electron chi connectivity index (χ0n) is 10.7. The van der Waals surface area contributed by atoms with Gasteiger partial charge in [-0.1, -0.05) is 23.7 Å². The molecule has 0 amide bonds. The number of pyridine rings is 1. The summed E-state index contributed by atoms with van der Waals surface area (Å²) in [6.45, 7) is 1.58. The smallest absolute Gasteiger partial charge is 0.140 e. The van der Waals surface area contributed by atoms with Crippen LogP contribution in [0.25, 0.3) is 0 Å². The molecular formula is C15H14ClN3. The lowest BCUT2D eigenvalue weighted by atomic mass is 10.2. The van der Waals surface area contributed by atoms with Crippen molar-refractivity contribution in [1.82, 2.24) is 9.88 Å². The number of halogens is 1. The molecule has 1 aromatic heterocycles. The Morgan fingerprint density at radius 3 is 2.63 bits per heavy atom. The van der Waals surface area contributed by atoms with Crippen LogP contribution < -0.4 is 0 Å². The van der Waals surface area contributed by atoms with Crippen LogP contribution in [0.2, 0.25) is 5.02 Å². The van der Waals surface area contributed by atoms with Crippen LogP contribution in [0.3, 0.4) is 0 Å². The number of benzene rings is 1. The fourth-order valence-electron chi connectivity index (χ4n) is 1.95. The average molecular weight is 272 g/mol. The van der Waals surface area contributed by atoms with E-state index >= 15 is 0 Å². The molecule has 96 valence electrons. The van der Waals surface area contributed by atoms with Gasteiger partial charge in [0.1, 0.15) is 11.8 Å². The average Bonchev–Trinajstić information content (AvgIpc) is 2.38. The predicted molar refractivity (Wildman–Crippen MR) is 75.6 cm³/mol. The molecule has 2 rings (SSSR count). The van der Waals surface area contributed by atoms with Crippen molar-refractivity contribution in [3.8, 4) is 6.07 Å². The van der Waals surface area contributed by atoms with Crippen LogP contribution in [0.5, 0.6) is 0 Å². The number of hydrogen-bond acceptors (Lipinski definition) is 3. The van der Waals surface area contributed by atoms with Crippen LogP contribution in [-0.4, -0.2) is 16.9 Å². The molecule has 2 aromatic rings. The molecule has 0 N–H and O–H groups in total. The Morgan fingerprint density at radius 2 is 1.95 bits per heavy atom. The summed E-state index contributed by atoms with van der Waals surface area (Å²) in [6.07, 6.45) is 1.67. The Morgan fingerprint density at radius 1 is 1.21 bits per heavy atom. The molecule has 0 aliphatic heterocycles. The Labute approximate surface area is 118 Å². The number of rotatable bonds is 4. The number of nitrogens with zero attached hydrogens (tertiary/aromatic N) is 3. The van der Waals surface area contributed by atoms with Gasteiger partial charge in [0.2, 0.25) is 0 Å². The van der Waals surface area contributed by atoms with Crippen molar-refractivity contribution in [2.75, 3.05) is 7.05 Å². The number of hydrogen-bond donors (Lipinski definition) is 0. The van der Waals surface area contributed by atoms with E-state index in [4.69, 9.17) is 16.9 Å². The summed E-state index contributed by atoms with van der Waals surface area (Å²) < 4.78 is 0. The van der Waals surface area contributed by atoms with E-state index in [1.807, 2.05) is 37.4 Å². The summed E-state index contributed by atoms with van der Waals surface area (Å²) in [5, 5.41) is 9.57. The van der Waals surface area contributed by atoms with E-state index in [1.54, 1.807) is 6.20 Å². The molecule has 1 heterocycles. The van der Waals surface area contributed by atoms with Gasteiger partial charge in [-0.2, -0.15) is 5.26 Å². The Hall–Kier alpha value is -1.89. The highest BCUT2D eigenvalue weighted by Crippen LogP contribution is 2.13. The summed E-state index contributed by atoms with van der Waals surface area (Å²) in [6, 6.07) is 13.6. The molecule has 1 aromatic carbocycles. The van der Waals surface area contributed by atoms with Crippen LogP contribution >= 0.6 is 11.6 Å². The van der Waals surface area contributed by atoms with Crippen molar-refractivity contribution in [3.05, 3.63) is 64.4 Å². The van der Waals surface area contributed by atoms with E-state index in [2.05, 4.69) is 22.0 Å². The normalized spacial score (nSPS) is 10.4. The maximum atomic E-state index is 8.82. The second kappa shape index (κ2) is 6.33. The van der Waals surface area contributed by atoms with Crippen molar-refractivity contribution in [1.29, 1.82) is 5.26 Å². The highest BCUT2D eigenvalue weighted by atomic mass is 35.5. The lowest BCUT2D eigenvalue weighted by Crippen LogP contribution is -2.17. The van der Waals surface area contributed by atoms with Gasteiger partial charge < -0.3 is 0 Å². The van der Waals surface area contributed by atoms with E-state index in [0.717, 1.165) is 23.7 Å². The Balaban J connectivity index is 2.01. The fourth-order valence-corrected chi connectivity index (χ4v) is 2.16. The second-order valence-corrected chi connectivity index (χ2v) is 4.90. The summed E-state index contributed by atoms with van der Waals surface area (Å²) in [5.74, 6) is 0. The molecule has 0 atom stereocenters. The monoisotopic (exact) mass is 271 g/mol. The molecule has 0 aliphatic carbocycles. The number of aromatic nitrogens is 1. The fraction of sp³-hybridized carbons (Fsp3) is 0.200. The van der Waals surface area contributed by atoms with Crippen molar-refractivity contribution in [3.63, 3.8) is 0 Å². The summed E-state index contributed by atoms with van der Waals surface area (Å²) in [4.78, 5) is 6.13. The first-order valence-corrected chi connectivity index (χ1v) is 6.33. The molecule has 19 heavy (non-hydrogen) atoms. The summed E-state index contributed by atoms with van der Waals surface area (Å²) >= 11 is 5.97. The Bertz CT molecular complexity index is 604. The van der Waals surface area contributed by atoms with Crippen LogP contribution in [-0.2, 0) is 13.1 Å². The largest absolute Gasteiger partial charge is 0.298 e. The molecule has 0 saturated carbocycles. The summed E-state index contributed by atoms with van der Waals surface area (Å²) in [7, 11) is 2.04. The quantitative estimate of drug-likeness (QED) is 0.857. The molecule has 0 saturated heterocycles. The van der Waals surface area contributed by atoms with Crippen LogP contribution in [0.4, 0.5) is 0 Å². The van der Waals surface area contributed by atoms with Crippen LogP contribution in [0.15, 0.2) is 42.6 Å². The van der Waals surface area contributed by atoms with Gasteiger partial charge in [0.05, 0.1) is 0 Å². The third-order valence-corrected chi connectivity index (χ3v) is 2.97. The minimum Gasteiger partial charge on any atom is -0.298 e. The molecule has 0 fully saturated rings. The topological polar surface area (TPSA) is 39.9 Å². The van der Waals surface area contributed by atoms with Crippen molar-refractivity contribution in [2.45, 2.75) is 13.1 Å². The maximum absolute atomic E-state index is 8.82. The van der Waals surface area contributed by atoms with Crippen molar-refractivity contribution >= 4 is 11.6 Å². The van der Waals surface area contributed by atoms with Gasteiger partial charge in [-0.15, -0.1) is 0 Å². The summed E-state index contributed by atoms with van der Waals surface area (Å²) in [5.41, 5.74) is 2.70. The molecule has 3 nitrogen and oxygen atoms in total. The first-order valence-electron chi connectivity index (χ1n) is 5.95. The van der Waals surface area contributed by atoms with Gasteiger partial charge in [0.15, 0.2) is 0 Å². The minimum absolute atomic E-state index is 0.452. The standard InChI is InChI=1S/C15H14ClN3/c1-19(10-12-3-2-4-14(16)7-12)11-13-5-6-18-15(8-13)9-17/h2-8H,10-11H2,1H3. The van der Waals surface area contributed by atoms with E-state index in [-0.39, 0.29) is 0 Å². The molecule has 0 spiro atoms. The lowest BCUT2D eigenvalue weighted by molar-refractivity contribution is 0.319. The van der Waals surface area contributed by atoms with Crippen molar-refractivity contribution in [2.24, 2.45) is 0 Å². The van der Waals surface area contributed by atoms with Gasteiger partial charge in [-0.25, -0.2) is 4.98 Å². The predicted octanol–water partition coefficient (Wildman–Crippen LogP) is 3.24.